The number of allylic oxidation sites excluding steroid dienone is 2. The third-order valence-corrected chi connectivity index (χ3v) is 7.21. The fraction of sp³-hybridized carbons (Fsp3) is 0.643. The molecule has 0 radical (unpaired) electrons. The van der Waals surface area contributed by atoms with Crippen LogP contribution in [0.1, 0.15) is 71.4 Å². The highest BCUT2D eigenvalue weighted by atomic mass is 16.6. The third-order valence-electron chi connectivity index (χ3n) is 7.21. The van der Waals surface area contributed by atoms with Crippen molar-refractivity contribution >= 4 is 23.4 Å². The number of hydrogen-bond donors (Lipinski definition) is 0. The van der Waals surface area contributed by atoms with Crippen LogP contribution in [-0.4, -0.2) is 71.0 Å². The molecule has 1 unspecified atom stereocenters. The van der Waals surface area contributed by atoms with Gasteiger partial charge in [0.25, 0.3) is 0 Å². The van der Waals surface area contributed by atoms with Crippen LogP contribution in [0.3, 0.4) is 0 Å². The highest BCUT2D eigenvalue weighted by Gasteiger charge is 2.29. The number of rotatable bonds is 5. The Hall–Kier alpha value is -2.90. The number of pyridine rings is 1. The zero-order chi connectivity index (χ0) is 25.7. The lowest BCUT2D eigenvalue weighted by atomic mass is 9.87. The van der Waals surface area contributed by atoms with Gasteiger partial charge in [-0.3, -0.25) is 14.6 Å². The molecule has 1 aromatic rings. The molecule has 1 aromatic heterocycles. The number of amides is 2. The van der Waals surface area contributed by atoms with Gasteiger partial charge in [0.15, 0.2) is 0 Å². The summed E-state index contributed by atoms with van der Waals surface area (Å²) >= 11 is 0. The second-order valence-electron chi connectivity index (χ2n) is 11.2. The Kier molecular flexibility index (Phi) is 8.32. The molecule has 8 nitrogen and oxygen atoms in total. The maximum Gasteiger partial charge on any atom is 0.410 e. The van der Waals surface area contributed by atoms with Crippen LogP contribution in [-0.2, 0) is 14.3 Å². The quantitative estimate of drug-likeness (QED) is 0.596. The van der Waals surface area contributed by atoms with Crippen LogP contribution in [0.2, 0.25) is 0 Å². The summed E-state index contributed by atoms with van der Waals surface area (Å²) in [6, 6.07) is 3.95. The summed E-state index contributed by atoms with van der Waals surface area (Å²) in [5.41, 5.74) is 1.63. The van der Waals surface area contributed by atoms with Gasteiger partial charge in [-0.1, -0.05) is 6.08 Å². The number of carbonyl (C=O) groups is 3. The van der Waals surface area contributed by atoms with Gasteiger partial charge in [0.05, 0.1) is 18.5 Å². The summed E-state index contributed by atoms with van der Waals surface area (Å²) in [5, 5.41) is 0. The first-order valence-electron chi connectivity index (χ1n) is 13.2. The molecule has 0 spiro atoms. The van der Waals surface area contributed by atoms with Gasteiger partial charge in [0.1, 0.15) is 17.1 Å². The largest absolute Gasteiger partial charge is 0.492 e. The average Bonchev–Trinajstić information content (AvgIpc) is 2.87. The normalized spacial score (nSPS) is 21.7. The molecule has 196 valence electrons. The molecule has 4 rings (SSSR count). The fourth-order valence-electron chi connectivity index (χ4n) is 5.00. The average molecular weight is 498 g/mol. The number of Topliss-reactive ketones (excluding diaryl/α,β-unsaturated/α-hetero) is 1. The standard InChI is InChI=1S/C28H39N3O5/c1-28(2,3)36-27(34)31-14-10-20(11-15-31)19-35-24-8-9-25(29-18-24)21-4-6-22(7-5-21)26(33)30-16-12-23(32)13-17-30/h4,8-9,18,20,22H,5-7,10-17,19H2,1-3H3. The summed E-state index contributed by atoms with van der Waals surface area (Å²) in [4.78, 5) is 44.7. The van der Waals surface area contributed by atoms with Crippen molar-refractivity contribution in [1.82, 2.24) is 14.8 Å². The molecule has 2 fully saturated rings. The van der Waals surface area contributed by atoms with Crippen LogP contribution in [0.5, 0.6) is 5.75 Å². The van der Waals surface area contributed by atoms with E-state index >= 15 is 0 Å². The number of ketones is 1. The molecule has 0 bridgehead atoms. The van der Waals surface area contributed by atoms with E-state index in [0.717, 1.165) is 43.5 Å². The first kappa shape index (κ1) is 26.2. The number of hydrogen-bond acceptors (Lipinski definition) is 6. The van der Waals surface area contributed by atoms with E-state index < -0.39 is 5.60 Å². The van der Waals surface area contributed by atoms with Crippen LogP contribution in [0.4, 0.5) is 4.79 Å². The van der Waals surface area contributed by atoms with E-state index in [4.69, 9.17) is 9.47 Å². The van der Waals surface area contributed by atoms with Gasteiger partial charge in [-0.05, 0) is 76.5 Å². The van der Waals surface area contributed by atoms with Crippen LogP contribution >= 0.6 is 0 Å². The monoisotopic (exact) mass is 497 g/mol. The summed E-state index contributed by atoms with van der Waals surface area (Å²) in [5.74, 6) is 1.60. The number of aromatic nitrogens is 1. The Morgan fingerprint density at radius 2 is 1.72 bits per heavy atom. The Balaban J connectivity index is 1.20. The second kappa shape index (κ2) is 11.4. The third kappa shape index (κ3) is 7.08. The van der Waals surface area contributed by atoms with Gasteiger partial charge in [-0.2, -0.15) is 0 Å². The number of likely N-dealkylation sites (tertiary alicyclic amines) is 2. The molecule has 8 heteroatoms. The lowest BCUT2D eigenvalue weighted by Gasteiger charge is -2.33. The van der Waals surface area contributed by atoms with Crippen molar-refractivity contribution < 1.29 is 23.9 Å². The molecule has 1 atom stereocenters. The van der Waals surface area contributed by atoms with E-state index in [0.29, 0.717) is 51.5 Å². The van der Waals surface area contributed by atoms with Crippen LogP contribution in [0.25, 0.3) is 5.57 Å². The topological polar surface area (TPSA) is 89.0 Å². The van der Waals surface area contributed by atoms with Crippen molar-refractivity contribution in [3.63, 3.8) is 0 Å². The zero-order valence-corrected chi connectivity index (χ0v) is 21.8. The highest BCUT2D eigenvalue weighted by Crippen LogP contribution is 2.31. The van der Waals surface area contributed by atoms with Crippen molar-refractivity contribution in [2.45, 2.75) is 71.3 Å². The van der Waals surface area contributed by atoms with E-state index in [9.17, 15) is 14.4 Å². The first-order chi connectivity index (χ1) is 17.2. The van der Waals surface area contributed by atoms with Gasteiger partial charge in [0, 0.05) is 44.9 Å². The van der Waals surface area contributed by atoms with Crippen molar-refractivity contribution in [2.75, 3.05) is 32.8 Å². The number of ether oxygens (including phenoxy) is 2. The van der Waals surface area contributed by atoms with Crippen molar-refractivity contribution in [2.24, 2.45) is 11.8 Å². The number of piperidine rings is 2. The van der Waals surface area contributed by atoms with Crippen molar-refractivity contribution in [1.29, 1.82) is 0 Å². The number of carbonyl (C=O) groups excluding carboxylic acids is 3. The summed E-state index contributed by atoms with van der Waals surface area (Å²) < 4.78 is 11.5. The van der Waals surface area contributed by atoms with Crippen LogP contribution in [0.15, 0.2) is 24.4 Å². The molecule has 0 N–H and O–H groups in total. The molecule has 36 heavy (non-hydrogen) atoms. The van der Waals surface area contributed by atoms with Gasteiger partial charge in [-0.25, -0.2) is 4.79 Å². The molecule has 3 heterocycles. The van der Waals surface area contributed by atoms with E-state index in [1.807, 2.05) is 37.8 Å². The van der Waals surface area contributed by atoms with E-state index in [-0.39, 0.29) is 23.7 Å². The minimum Gasteiger partial charge on any atom is -0.492 e. The predicted octanol–water partition coefficient (Wildman–Crippen LogP) is 4.48. The summed E-state index contributed by atoms with van der Waals surface area (Å²) in [7, 11) is 0. The molecule has 0 aromatic carbocycles. The molecular formula is C28H39N3O5. The SMILES string of the molecule is CC(C)(C)OC(=O)N1CCC(COc2ccc(C3=CCC(C(=O)N4CCC(=O)CC4)CC3)nc2)CC1. The van der Waals surface area contributed by atoms with Crippen molar-refractivity contribution in [3.05, 3.63) is 30.1 Å². The number of nitrogens with zero attached hydrogens (tertiary/aromatic N) is 3. The minimum absolute atomic E-state index is 0.00583. The summed E-state index contributed by atoms with van der Waals surface area (Å²) in [6.45, 7) is 8.77. The highest BCUT2D eigenvalue weighted by molar-refractivity contribution is 5.85. The molecular weight excluding hydrogens is 458 g/mol. The van der Waals surface area contributed by atoms with E-state index in [2.05, 4.69) is 11.1 Å². The van der Waals surface area contributed by atoms with Crippen molar-refractivity contribution in [3.8, 4) is 5.75 Å². The lowest BCUT2D eigenvalue weighted by molar-refractivity contribution is -0.138. The molecule has 2 amide bonds. The molecule has 3 aliphatic rings. The van der Waals surface area contributed by atoms with Gasteiger partial charge in [0.2, 0.25) is 5.91 Å². The molecule has 2 aliphatic heterocycles. The van der Waals surface area contributed by atoms with E-state index in [1.165, 1.54) is 5.57 Å². The maximum atomic E-state index is 12.8. The minimum atomic E-state index is -0.473. The Morgan fingerprint density at radius 3 is 2.31 bits per heavy atom. The van der Waals surface area contributed by atoms with Crippen LogP contribution < -0.4 is 4.74 Å². The fourth-order valence-corrected chi connectivity index (χ4v) is 5.00. The Bertz CT molecular complexity index is 964. The first-order valence-corrected chi connectivity index (χ1v) is 13.2. The van der Waals surface area contributed by atoms with Gasteiger partial charge >= 0.3 is 6.09 Å². The smallest absolute Gasteiger partial charge is 0.410 e. The molecule has 0 saturated carbocycles. The second-order valence-corrected chi connectivity index (χ2v) is 11.2. The summed E-state index contributed by atoms with van der Waals surface area (Å²) in [6.07, 6.45) is 8.81. The molecule has 2 saturated heterocycles. The van der Waals surface area contributed by atoms with Gasteiger partial charge < -0.3 is 19.3 Å². The zero-order valence-electron chi connectivity index (χ0n) is 21.8. The predicted molar refractivity (Wildman–Crippen MR) is 136 cm³/mol. The Labute approximate surface area is 214 Å². The Morgan fingerprint density at radius 1 is 1.00 bits per heavy atom. The molecule has 1 aliphatic carbocycles. The van der Waals surface area contributed by atoms with E-state index in [1.54, 1.807) is 11.1 Å². The van der Waals surface area contributed by atoms with Gasteiger partial charge in [-0.15, -0.1) is 0 Å². The lowest BCUT2D eigenvalue weighted by Crippen LogP contribution is -2.42. The maximum absolute atomic E-state index is 12.8. The van der Waals surface area contributed by atoms with Crippen LogP contribution in [0, 0.1) is 11.8 Å².